The summed E-state index contributed by atoms with van der Waals surface area (Å²) in [6, 6.07) is 6.73. The first-order valence-electron chi connectivity index (χ1n) is 5.43. The maximum atomic E-state index is 11.3. The Labute approximate surface area is 105 Å². The van der Waals surface area contributed by atoms with Gasteiger partial charge in [-0.1, -0.05) is 0 Å². The fourth-order valence-electron chi connectivity index (χ4n) is 1.17. The highest BCUT2D eigenvalue weighted by Crippen LogP contribution is 2.12. The summed E-state index contributed by atoms with van der Waals surface area (Å²) in [5, 5.41) is 2.54. The van der Waals surface area contributed by atoms with Gasteiger partial charge in [0.1, 0.15) is 5.75 Å². The molecule has 6 nitrogen and oxygen atoms in total. The van der Waals surface area contributed by atoms with Crippen molar-refractivity contribution in [2.24, 2.45) is 0 Å². The molecule has 0 aliphatic rings. The van der Waals surface area contributed by atoms with Gasteiger partial charge in [0.05, 0.1) is 13.5 Å². The lowest BCUT2D eigenvalue weighted by molar-refractivity contribution is -0.140. The molecule has 0 radical (unpaired) electrons. The van der Waals surface area contributed by atoms with Crippen molar-refractivity contribution in [3.63, 3.8) is 0 Å². The van der Waals surface area contributed by atoms with Crippen molar-refractivity contribution in [1.29, 1.82) is 0 Å². The van der Waals surface area contributed by atoms with E-state index in [0.717, 1.165) is 0 Å². The van der Waals surface area contributed by atoms with Crippen LogP contribution in [-0.4, -0.2) is 32.1 Å². The van der Waals surface area contributed by atoms with E-state index in [1.807, 2.05) is 0 Å². The lowest BCUT2D eigenvalue weighted by Gasteiger charge is -2.07. The molecule has 0 heterocycles. The summed E-state index contributed by atoms with van der Waals surface area (Å²) in [5.74, 6) is -0.0993. The van der Waals surface area contributed by atoms with Crippen molar-refractivity contribution >= 4 is 17.6 Å². The predicted molar refractivity (Wildman–Crippen MR) is 66.0 cm³/mol. The minimum atomic E-state index is -0.366. The van der Waals surface area contributed by atoms with Gasteiger partial charge in [0, 0.05) is 12.2 Å². The summed E-state index contributed by atoms with van der Waals surface area (Å²) >= 11 is 0. The Morgan fingerprint density at radius 1 is 1.28 bits per heavy atom. The number of anilines is 1. The zero-order valence-corrected chi connectivity index (χ0v) is 10.1. The number of carbonyl (C=O) groups is 2. The number of methoxy groups -OCH3 is 1. The highest BCUT2D eigenvalue weighted by atomic mass is 16.5. The van der Waals surface area contributed by atoms with Crippen LogP contribution in [0.1, 0.15) is 6.42 Å². The molecule has 0 unspecified atom stereocenters. The molecular formula is C12H16N2O4. The second-order valence-corrected chi connectivity index (χ2v) is 3.53. The van der Waals surface area contributed by atoms with E-state index in [-0.39, 0.29) is 31.4 Å². The van der Waals surface area contributed by atoms with E-state index in [1.165, 1.54) is 7.11 Å². The fourth-order valence-corrected chi connectivity index (χ4v) is 1.17. The Bertz CT molecular complexity index is 403. The number of nitrogens with one attached hydrogen (secondary N) is 1. The van der Waals surface area contributed by atoms with Crippen LogP contribution in [0.15, 0.2) is 24.3 Å². The van der Waals surface area contributed by atoms with Crippen LogP contribution in [0.2, 0.25) is 0 Å². The summed E-state index contributed by atoms with van der Waals surface area (Å²) in [6.07, 6.45) is 0.143. The van der Waals surface area contributed by atoms with Crippen molar-refractivity contribution in [2.45, 2.75) is 6.42 Å². The average Bonchev–Trinajstić information content (AvgIpc) is 2.38. The summed E-state index contributed by atoms with van der Waals surface area (Å²) in [7, 11) is 1.30. The van der Waals surface area contributed by atoms with Crippen molar-refractivity contribution in [3.8, 4) is 5.75 Å². The predicted octanol–water partition coefficient (Wildman–Crippen LogP) is 0.327. The average molecular weight is 252 g/mol. The van der Waals surface area contributed by atoms with E-state index in [0.29, 0.717) is 11.4 Å². The summed E-state index contributed by atoms with van der Waals surface area (Å²) < 4.78 is 9.66. The van der Waals surface area contributed by atoms with Crippen LogP contribution in [0.4, 0.5) is 5.69 Å². The van der Waals surface area contributed by atoms with Gasteiger partial charge < -0.3 is 20.5 Å². The van der Waals surface area contributed by atoms with Crippen LogP contribution < -0.4 is 15.8 Å². The SMILES string of the molecule is COC(=O)CCNC(=O)COc1ccc(N)cc1. The van der Waals surface area contributed by atoms with E-state index in [9.17, 15) is 9.59 Å². The molecule has 98 valence electrons. The molecule has 1 rings (SSSR count). The molecule has 6 heteroatoms. The van der Waals surface area contributed by atoms with Crippen LogP contribution in [0, 0.1) is 0 Å². The first-order valence-corrected chi connectivity index (χ1v) is 5.43. The van der Waals surface area contributed by atoms with Crippen molar-refractivity contribution in [2.75, 3.05) is 26.0 Å². The topological polar surface area (TPSA) is 90.6 Å². The van der Waals surface area contributed by atoms with Gasteiger partial charge in [0.15, 0.2) is 6.61 Å². The number of ether oxygens (including phenoxy) is 2. The molecular weight excluding hydrogens is 236 g/mol. The summed E-state index contributed by atoms with van der Waals surface area (Å²) in [6.45, 7) is 0.127. The van der Waals surface area contributed by atoms with Crippen LogP contribution in [0.5, 0.6) is 5.75 Å². The molecule has 0 atom stereocenters. The minimum absolute atomic E-state index is 0.106. The molecule has 0 aliphatic heterocycles. The van der Waals surface area contributed by atoms with Gasteiger partial charge in [-0.15, -0.1) is 0 Å². The maximum absolute atomic E-state index is 11.3. The van der Waals surface area contributed by atoms with E-state index in [2.05, 4.69) is 10.1 Å². The number of rotatable bonds is 6. The van der Waals surface area contributed by atoms with Crippen LogP contribution >= 0.6 is 0 Å². The monoisotopic (exact) mass is 252 g/mol. The van der Waals surface area contributed by atoms with Crippen molar-refractivity contribution in [3.05, 3.63) is 24.3 Å². The third kappa shape index (κ3) is 5.20. The summed E-state index contributed by atoms with van der Waals surface area (Å²) in [5.41, 5.74) is 6.14. The van der Waals surface area contributed by atoms with Gasteiger partial charge in [0.25, 0.3) is 5.91 Å². The van der Waals surface area contributed by atoms with E-state index in [1.54, 1.807) is 24.3 Å². The molecule has 1 amide bonds. The fraction of sp³-hybridized carbons (Fsp3) is 0.333. The number of hydrogen-bond donors (Lipinski definition) is 2. The Hall–Kier alpha value is -2.24. The molecule has 3 N–H and O–H groups in total. The van der Waals surface area contributed by atoms with E-state index < -0.39 is 0 Å². The Morgan fingerprint density at radius 2 is 1.94 bits per heavy atom. The number of esters is 1. The number of carbonyl (C=O) groups excluding carboxylic acids is 2. The first kappa shape index (κ1) is 13.8. The first-order chi connectivity index (χ1) is 8.61. The Kier molecular flexibility index (Phi) is 5.50. The molecule has 1 aromatic rings. The summed E-state index contributed by atoms with van der Waals surface area (Å²) in [4.78, 5) is 22.1. The zero-order valence-electron chi connectivity index (χ0n) is 10.1. The van der Waals surface area contributed by atoms with Gasteiger partial charge in [-0.3, -0.25) is 9.59 Å². The molecule has 0 aromatic heterocycles. The second kappa shape index (κ2) is 7.16. The number of hydrogen-bond acceptors (Lipinski definition) is 5. The Balaban J connectivity index is 2.21. The smallest absolute Gasteiger partial charge is 0.307 e. The number of amides is 1. The van der Waals surface area contributed by atoms with Gasteiger partial charge in [-0.2, -0.15) is 0 Å². The normalized spacial score (nSPS) is 9.61. The quantitative estimate of drug-likeness (QED) is 0.562. The number of nitrogens with two attached hydrogens (primary N) is 1. The Morgan fingerprint density at radius 3 is 2.56 bits per heavy atom. The van der Waals surface area contributed by atoms with Crippen LogP contribution in [0.3, 0.4) is 0 Å². The lowest BCUT2D eigenvalue weighted by Crippen LogP contribution is -2.30. The van der Waals surface area contributed by atoms with Crippen molar-refractivity contribution in [1.82, 2.24) is 5.32 Å². The van der Waals surface area contributed by atoms with Crippen molar-refractivity contribution < 1.29 is 19.1 Å². The van der Waals surface area contributed by atoms with Gasteiger partial charge in [-0.25, -0.2) is 0 Å². The van der Waals surface area contributed by atoms with Gasteiger partial charge >= 0.3 is 5.97 Å². The molecule has 0 saturated heterocycles. The third-order valence-electron chi connectivity index (χ3n) is 2.13. The maximum Gasteiger partial charge on any atom is 0.307 e. The lowest BCUT2D eigenvalue weighted by atomic mass is 10.3. The molecule has 1 aromatic carbocycles. The number of nitrogen functional groups attached to an aromatic ring is 1. The van der Waals surface area contributed by atoms with E-state index >= 15 is 0 Å². The standard InChI is InChI=1S/C12H16N2O4/c1-17-12(16)6-7-14-11(15)8-18-10-4-2-9(13)3-5-10/h2-5H,6-8,13H2,1H3,(H,14,15). The highest BCUT2D eigenvalue weighted by molar-refractivity contribution is 5.78. The van der Waals surface area contributed by atoms with Crippen LogP contribution in [-0.2, 0) is 14.3 Å². The molecule has 0 saturated carbocycles. The number of benzene rings is 1. The second-order valence-electron chi connectivity index (χ2n) is 3.53. The molecule has 18 heavy (non-hydrogen) atoms. The van der Waals surface area contributed by atoms with Crippen LogP contribution in [0.25, 0.3) is 0 Å². The van der Waals surface area contributed by atoms with Gasteiger partial charge in [-0.05, 0) is 24.3 Å². The minimum Gasteiger partial charge on any atom is -0.484 e. The molecule has 0 aliphatic carbocycles. The largest absolute Gasteiger partial charge is 0.484 e. The third-order valence-corrected chi connectivity index (χ3v) is 2.13. The molecule has 0 fully saturated rings. The van der Waals surface area contributed by atoms with E-state index in [4.69, 9.17) is 10.5 Å². The highest BCUT2D eigenvalue weighted by Gasteiger charge is 2.04. The molecule has 0 spiro atoms. The van der Waals surface area contributed by atoms with Gasteiger partial charge in [0.2, 0.25) is 0 Å². The molecule has 0 bridgehead atoms. The zero-order chi connectivity index (χ0) is 13.4.